The highest BCUT2D eigenvalue weighted by atomic mass is 32.1. The summed E-state index contributed by atoms with van der Waals surface area (Å²) < 4.78 is 0. The zero-order valence-corrected chi connectivity index (χ0v) is 19.6. The van der Waals surface area contributed by atoms with Gasteiger partial charge in [-0.05, 0) is 36.5 Å². The molecule has 3 amide bonds. The number of carbonyl (C=O) groups excluding carboxylic acids is 3. The number of phenols is 1. The Balaban J connectivity index is 2.18. The van der Waals surface area contributed by atoms with Crippen LogP contribution in [0.1, 0.15) is 32.3 Å². The van der Waals surface area contributed by atoms with Crippen LogP contribution in [0.2, 0.25) is 0 Å². The van der Waals surface area contributed by atoms with Gasteiger partial charge < -0.3 is 31.5 Å². The normalized spacial score (nSPS) is 18.5. The number of carboxylic acids is 1. The number of aliphatic carboxylic acids is 1. The van der Waals surface area contributed by atoms with Crippen molar-refractivity contribution in [1.82, 2.24) is 15.5 Å². The zero-order valence-electron chi connectivity index (χ0n) is 18.7. The second-order valence-electron chi connectivity index (χ2n) is 8.47. The number of nitrogens with two attached hydrogens (primary N) is 1. The molecule has 1 fully saturated rings. The van der Waals surface area contributed by atoms with Gasteiger partial charge in [0.15, 0.2) is 0 Å². The standard InChI is InChI=1S/C22H32N4O6S/c1-12(2)18(23)20(29)24-15(10-13-5-7-14(27)8-6-13)19(28)25-16(11-33)21(30)26-9-3-4-17(26)22(31)32/h5-8,12,15-18,27,33H,3-4,9-11,23H2,1-2H3,(H,24,29)(H,25,28)(H,31,32). The van der Waals surface area contributed by atoms with Crippen LogP contribution in [0.15, 0.2) is 24.3 Å². The molecule has 0 spiro atoms. The van der Waals surface area contributed by atoms with Crippen LogP contribution in [0, 0.1) is 5.92 Å². The first-order valence-corrected chi connectivity index (χ1v) is 11.5. The van der Waals surface area contributed by atoms with Crippen molar-refractivity contribution in [1.29, 1.82) is 0 Å². The SMILES string of the molecule is CC(C)C(N)C(=O)NC(Cc1ccc(O)cc1)C(=O)NC(CS)C(=O)N1CCCC1C(=O)O. The molecule has 10 nitrogen and oxygen atoms in total. The topological polar surface area (TPSA) is 162 Å². The molecule has 1 aliphatic heterocycles. The summed E-state index contributed by atoms with van der Waals surface area (Å²) >= 11 is 4.17. The van der Waals surface area contributed by atoms with Crippen LogP contribution >= 0.6 is 12.6 Å². The summed E-state index contributed by atoms with van der Waals surface area (Å²) in [5.74, 6) is -2.89. The van der Waals surface area contributed by atoms with Crippen LogP contribution in [-0.4, -0.2) is 75.3 Å². The number of hydrogen-bond acceptors (Lipinski definition) is 7. The number of nitrogens with one attached hydrogen (secondary N) is 2. The van der Waals surface area contributed by atoms with Crippen molar-refractivity contribution >= 4 is 36.3 Å². The number of carbonyl (C=O) groups is 4. The van der Waals surface area contributed by atoms with Gasteiger partial charge in [0.1, 0.15) is 23.9 Å². The van der Waals surface area contributed by atoms with Gasteiger partial charge in [-0.15, -0.1) is 0 Å². The Bertz CT molecular complexity index is 863. The Labute approximate surface area is 198 Å². The molecule has 0 aromatic heterocycles. The molecule has 0 aliphatic carbocycles. The molecule has 6 N–H and O–H groups in total. The molecule has 4 unspecified atom stereocenters. The number of aromatic hydroxyl groups is 1. The minimum Gasteiger partial charge on any atom is -0.508 e. The predicted octanol–water partition coefficient (Wildman–Crippen LogP) is -0.107. The number of hydrogen-bond donors (Lipinski definition) is 6. The maximum atomic E-state index is 13.1. The first kappa shape index (κ1) is 26.5. The first-order valence-electron chi connectivity index (χ1n) is 10.8. The summed E-state index contributed by atoms with van der Waals surface area (Å²) in [6, 6.07) is 2.29. The monoisotopic (exact) mass is 480 g/mol. The number of thiol groups is 1. The van der Waals surface area contributed by atoms with E-state index < -0.39 is 47.9 Å². The molecular formula is C22H32N4O6S. The summed E-state index contributed by atoms with van der Waals surface area (Å²) in [7, 11) is 0. The molecule has 0 saturated carbocycles. The van der Waals surface area contributed by atoms with E-state index in [-0.39, 0.29) is 30.4 Å². The van der Waals surface area contributed by atoms with Crippen LogP contribution < -0.4 is 16.4 Å². The Morgan fingerprint density at radius 1 is 1.12 bits per heavy atom. The van der Waals surface area contributed by atoms with Crippen LogP contribution in [0.4, 0.5) is 0 Å². The summed E-state index contributed by atoms with van der Waals surface area (Å²) in [5, 5.41) is 24.1. The summed E-state index contributed by atoms with van der Waals surface area (Å²) in [6.07, 6.45) is 1.00. The fraction of sp³-hybridized carbons (Fsp3) is 0.545. The van der Waals surface area contributed by atoms with E-state index in [0.29, 0.717) is 18.4 Å². The van der Waals surface area contributed by atoms with Crippen molar-refractivity contribution in [2.24, 2.45) is 11.7 Å². The molecule has 2 rings (SSSR count). The van der Waals surface area contributed by atoms with E-state index in [1.807, 2.05) is 0 Å². The van der Waals surface area contributed by atoms with Crippen LogP contribution in [0.3, 0.4) is 0 Å². The van der Waals surface area contributed by atoms with Gasteiger partial charge in [-0.2, -0.15) is 12.6 Å². The second-order valence-corrected chi connectivity index (χ2v) is 8.84. The quantitative estimate of drug-likeness (QED) is 0.255. The fourth-order valence-electron chi connectivity index (χ4n) is 3.59. The van der Waals surface area contributed by atoms with E-state index in [2.05, 4.69) is 23.3 Å². The molecule has 1 aromatic rings. The molecule has 1 aliphatic rings. The third-order valence-corrected chi connectivity index (χ3v) is 6.01. The third-order valence-electron chi connectivity index (χ3n) is 5.65. The molecule has 1 saturated heterocycles. The van der Waals surface area contributed by atoms with Gasteiger partial charge in [0.2, 0.25) is 17.7 Å². The van der Waals surface area contributed by atoms with Gasteiger partial charge in [-0.25, -0.2) is 4.79 Å². The predicted molar refractivity (Wildman–Crippen MR) is 125 cm³/mol. The lowest BCUT2D eigenvalue weighted by molar-refractivity contribution is -0.149. The molecule has 0 bridgehead atoms. The highest BCUT2D eigenvalue weighted by molar-refractivity contribution is 7.80. The maximum absolute atomic E-state index is 13.1. The Morgan fingerprint density at radius 2 is 1.73 bits per heavy atom. The first-order chi connectivity index (χ1) is 15.5. The number of benzene rings is 1. The van der Waals surface area contributed by atoms with E-state index in [1.54, 1.807) is 26.0 Å². The fourth-order valence-corrected chi connectivity index (χ4v) is 3.84. The number of amides is 3. The van der Waals surface area contributed by atoms with Crippen molar-refractivity contribution in [3.63, 3.8) is 0 Å². The minimum absolute atomic E-state index is 0.0429. The highest BCUT2D eigenvalue weighted by Gasteiger charge is 2.38. The highest BCUT2D eigenvalue weighted by Crippen LogP contribution is 2.19. The van der Waals surface area contributed by atoms with Gasteiger partial charge in [-0.1, -0.05) is 26.0 Å². The van der Waals surface area contributed by atoms with Crippen molar-refractivity contribution in [2.75, 3.05) is 12.3 Å². The third kappa shape index (κ3) is 7.10. The van der Waals surface area contributed by atoms with E-state index in [9.17, 15) is 29.4 Å². The lowest BCUT2D eigenvalue weighted by Gasteiger charge is -2.28. The van der Waals surface area contributed by atoms with E-state index >= 15 is 0 Å². The molecule has 33 heavy (non-hydrogen) atoms. The molecule has 182 valence electrons. The van der Waals surface area contributed by atoms with Gasteiger partial charge in [-0.3, -0.25) is 14.4 Å². The van der Waals surface area contributed by atoms with Gasteiger partial charge >= 0.3 is 5.97 Å². The molecule has 11 heteroatoms. The Kier molecular flexibility index (Phi) is 9.54. The van der Waals surface area contributed by atoms with Crippen LogP contribution in [0.5, 0.6) is 5.75 Å². The second kappa shape index (κ2) is 11.9. The van der Waals surface area contributed by atoms with E-state index in [1.165, 1.54) is 17.0 Å². The van der Waals surface area contributed by atoms with Gasteiger partial charge in [0.05, 0.1) is 6.04 Å². The van der Waals surface area contributed by atoms with Crippen molar-refractivity contribution in [3.05, 3.63) is 29.8 Å². The molecular weight excluding hydrogens is 448 g/mol. The van der Waals surface area contributed by atoms with Gasteiger partial charge in [0, 0.05) is 18.7 Å². The summed E-state index contributed by atoms with van der Waals surface area (Å²) in [5.41, 5.74) is 6.59. The average Bonchev–Trinajstić information content (AvgIpc) is 3.27. The minimum atomic E-state index is -1.09. The number of rotatable bonds is 10. The number of likely N-dealkylation sites (tertiary alicyclic amines) is 1. The summed E-state index contributed by atoms with van der Waals surface area (Å²) in [4.78, 5) is 51.3. The molecule has 1 aromatic carbocycles. The Morgan fingerprint density at radius 3 is 2.27 bits per heavy atom. The molecule has 4 atom stereocenters. The number of phenolic OH excluding ortho intramolecular Hbond substituents is 1. The smallest absolute Gasteiger partial charge is 0.326 e. The van der Waals surface area contributed by atoms with E-state index in [4.69, 9.17) is 5.73 Å². The van der Waals surface area contributed by atoms with Crippen LogP contribution in [-0.2, 0) is 25.6 Å². The summed E-state index contributed by atoms with van der Waals surface area (Å²) in [6.45, 7) is 3.85. The van der Waals surface area contributed by atoms with Crippen molar-refractivity contribution in [2.45, 2.75) is 57.3 Å². The zero-order chi connectivity index (χ0) is 24.7. The van der Waals surface area contributed by atoms with Gasteiger partial charge in [0.25, 0.3) is 0 Å². The largest absolute Gasteiger partial charge is 0.508 e. The van der Waals surface area contributed by atoms with E-state index in [0.717, 1.165) is 0 Å². The lowest BCUT2D eigenvalue weighted by atomic mass is 10.0. The number of nitrogens with zero attached hydrogens (tertiary/aromatic N) is 1. The molecule has 1 heterocycles. The number of carboxylic acid groups (broad SMARTS) is 1. The average molecular weight is 481 g/mol. The lowest BCUT2D eigenvalue weighted by Crippen LogP contribution is -2.58. The maximum Gasteiger partial charge on any atom is 0.326 e. The molecule has 0 radical (unpaired) electrons. The Hall–Kier alpha value is -2.79. The van der Waals surface area contributed by atoms with Crippen LogP contribution in [0.25, 0.3) is 0 Å². The van der Waals surface area contributed by atoms with Crippen molar-refractivity contribution in [3.8, 4) is 5.75 Å². The van der Waals surface area contributed by atoms with Crippen molar-refractivity contribution < 1.29 is 29.4 Å².